The van der Waals surface area contributed by atoms with Crippen LogP contribution in [0.1, 0.15) is 12.8 Å². The van der Waals surface area contributed by atoms with E-state index in [4.69, 9.17) is 11.6 Å². The Morgan fingerprint density at radius 2 is 1.83 bits per heavy atom. The molecule has 3 nitrogen and oxygen atoms in total. The largest absolute Gasteiger partial charge is 0.356 e. The molecule has 0 amide bonds. The minimum absolute atomic E-state index is 0.0186. The lowest BCUT2D eigenvalue weighted by Gasteiger charge is -2.18. The summed E-state index contributed by atoms with van der Waals surface area (Å²) in [5.74, 6) is -0.831. The van der Waals surface area contributed by atoms with E-state index in [-0.39, 0.29) is 10.8 Å². The number of nitrogens with zero attached hydrogens (tertiary/aromatic N) is 3. The van der Waals surface area contributed by atoms with Gasteiger partial charge in [-0.3, -0.25) is 0 Å². The summed E-state index contributed by atoms with van der Waals surface area (Å²) < 4.78 is 27.0. The normalized spacial score (nSPS) is 15.6. The third-order valence-corrected chi connectivity index (χ3v) is 3.25. The second-order valence-corrected chi connectivity index (χ2v) is 4.63. The lowest BCUT2D eigenvalue weighted by atomic mass is 10.2. The molecule has 2 aromatic rings. The molecule has 0 saturated carbocycles. The van der Waals surface area contributed by atoms with Gasteiger partial charge in [0.15, 0.2) is 5.82 Å². The summed E-state index contributed by atoms with van der Waals surface area (Å²) in [4.78, 5) is 9.93. The summed E-state index contributed by atoms with van der Waals surface area (Å²) >= 11 is 5.80. The first kappa shape index (κ1) is 11.6. The van der Waals surface area contributed by atoms with Crippen LogP contribution in [0.4, 0.5) is 14.6 Å². The van der Waals surface area contributed by atoms with Crippen LogP contribution in [0.25, 0.3) is 10.9 Å². The number of halogens is 3. The van der Waals surface area contributed by atoms with Crippen LogP contribution < -0.4 is 4.90 Å². The Labute approximate surface area is 107 Å². The number of fused-ring (bicyclic) bond motifs is 1. The van der Waals surface area contributed by atoms with E-state index in [2.05, 4.69) is 9.97 Å². The highest BCUT2D eigenvalue weighted by Gasteiger charge is 2.19. The maximum Gasteiger partial charge on any atom is 0.225 e. The lowest BCUT2D eigenvalue weighted by molar-refractivity contribution is 0.590. The molecule has 6 heteroatoms. The van der Waals surface area contributed by atoms with Crippen molar-refractivity contribution in [1.82, 2.24) is 9.97 Å². The van der Waals surface area contributed by atoms with Crippen LogP contribution in [0, 0.1) is 11.6 Å². The summed E-state index contributed by atoms with van der Waals surface area (Å²) in [7, 11) is 0. The van der Waals surface area contributed by atoms with Gasteiger partial charge in [0.1, 0.15) is 17.2 Å². The Balaban J connectivity index is 2.28. The summed E-state index contributed by atoms with van der Waals surface area (Å²) in [6.07, 6.45) is 2.09. The summed E-state index contributed by atoms with van der Waals surface area (Å²) in [6, 6.07) is 2.06. The topological polar surface area (TPSA) is 29.0 Å². The van der Waals surface area contributed by atoms with Crippen molar-refractivity contribution in [3.63, 3.8) is 0 Å². The van der Waals surface area contributed by atoms with E-state index in [1.807, 2.05) is 4.90 Å². The van der Waals surface area contributed by atoms with Crippen LogP contribution in [-0.4, -0.2) is 23.1 Å². The van der Waals surface area contributed by atoms with Gasteiger partial charge in [-0.1, -0.05) is 0 Å². The second-order valence-electron chi connectivity index (χ2n) is 4.29. The van der Waals surface area contributed by atoms with Crippen molar-refractivity contribution >= 4 is 28.3 Å². The van der Waals surface area contributed by atoms with Crippen LogP contribution in [0.5, 0.6) is 0 Å². The average Bonchev–Trinajstić information content (AvgIpc) is 2.83. The van der Waals surface area contributed by atoms with E-state index in [1.165, 1.54) is 6.07 Å². The van der Waals surface area contributed by atoms with E-state index >= 15 is 0 Å². The smallest absolute Gasteiger partial charge is 0.225 e. The maximum absolute atomic E-state index is 13.7. The molecule has 1 aliphatic rings. The molecular formula is C12H10ClF2N3. The Morgan fingerprint density at radius 1 is 1.11 bits per heavy atom. The molecule has 0 bridgehead atoms. The van der Waals surface area contributed by atoms with Crippen molar-refractivity contribution in [2.45, 2.75) is 12.8 Å². The Hall–Kier alpha value is -1.49. The van der Waals surface area contributed by atoms with Crippen molar-refractivity contribution in [2.75, 3.05) is 18.0 Å². The zero-order chi connectivity index (χ0) is 12.7. The molecule has 2 heterocycles. The van der Waals surface area contributed by atoms with E-state index < -0.39 is 11.6 Å². The van der Waals surface area contributed by atoms with Crippen molar-refractivity contribution < 1.29 is 8.78 Å². The predicted molar refractivity (Wildman–Crippen MR) is 65.9 cm³/mol. The number of rotatable bonds is 1. The highest BCUT2D eigenvalue weighted by molar-refractivity contribution is 6.28. The van der Waals surface area contributed by atoms with Gasteiger partial charge in [-0.2, -0.15) is 4.98 Å². The van der Waals surface area contributed by atoms with Gasteiger partial charge in [0.05, 0.1) is 0 Å². The maximum atomic E-state index is 13.7. The van der Waals surface area contributed by atoms with Crippen LogP contribution in [-0.2, 0) is 0 Å². The molecule has 0 unspecified atom stereocenters. The predicted octanol–water partition coefficient (Wildman–Crippen LogP) is 3.16. The summed E-state index contributed by atoms with van der Waals surface area (Å²) in [5.41, 5.74) is 0.0679. The molecule has 1 fully saturated rings. The van der Waals surface area contributed by atoms with Crippen molar-refractivity contribution in [2.24, 2.45) is 0 Å². The molecule has 1 aromatic heterocycles. The fourth-order valence-electron chi connectivity index (χ4n) is 2.28. The standard InChI is InChI=1S/C12H10ClF2N3/c13-12-16-10-8(5-7(14)6-9(10)15)11(17-12)18-3-1-2-4-18/h5-6H,1-4H2. The zero-order valence-corrected chi connectivity index (χ0v) is 10.2. The molecule has 0 spiro atoms. The highest BCUT2D eigenvalue weighted by atomic mass is 35.5. The monoisotopic (exact) mass is 269 g/mol. The first-order chi connectivity index (χ1) is 8.65. The van der Waals surface area contributed by atoms with Crippen LogP contribution in [0.3, 0.4) is 0 Å². The molecule has 0 atom stereocenters. The van der Waals surface area contributed by atoms with Crippen molar-refractivity contribution in [1.29, 1.82) is 0 Å². The second kappa shape index (κ2) is 4.31. The highest BCUT2D eigenvalue weighted by Crippen LogP contribution is 2.30. The number of anilines is 1. The molecule has 0 aliphatic carbocycles. The Bertz CT molecular complexity index is 612. The van der Waals surface area contributed by atoms with E-state index in [1.54, 1.807) is 0 Å². The quantitative estimate of drug-likeness (QED) is 0.745. The fourth-order valence-corrected chi connectivity index (χ4v) is 2.45. The van der Waals surface area contributed by atoms with E-state index in [0.29, 0.717) is 11.2 Å². The van der Waals surface area contributed by atoms with Gasteiger partial charge < -0.3 is 4.90 Å². The SMILES string of the molecule is Fc1cc(F)c2nc(Cl)nc(N3CCCC3)c2c1. The Kier molecular flexibility index (Phi) is 2.78. The third-order valence-electron chi connectivity index (χ3n) is 3.08. The number of hydrogen-bond donors (Lipinski definition) is 0. The minimum atomic E-state index is -0.713. The number of benzene rings is 1. The molecule has 1 aliphatic heterocycles. The van der Waals surface area contributed by atoms with Gasteiger partial charge in [0.2, 0.25) is 5.28 Å². The first-order valence-electron chi connectivity index (χ1n) is 5.72. The Morgan fingerprint density at radius 3 is 2.56 bits per heavy atom. The lowest BCUT2D eigenvalue weighted by Crippen LogP contribution is -2.19. The molecule has 0 radical (unpaired) electrons. The summed E-state index contributed by atoms with van der Waals surface area (Å²) in [5, 5.41) is 0.355. The zero-order valence-electron chi connectivity index (χ0n) is 9.46. The first-order valence-corrected chi connectivity index (χ1v) is 6.10. The van der Waals surface area contributed by atoms with Crippen LogP contribution in [0.2, 0.25) is 5.28 Å². The van der Waals surface area contributed by atoms with Gasteiger partial charge in [-0.15, -0.1) is 0 Å². The van der Waals surface area contributed by atoms with Crippen molar-refractivity contribution in [3.8, 4) is 0 Å². The summed E-state index contributed by atoms with van der Waals surface area (Å²) in [6.45, 7) is 1.64. The average molecular weight is 270 g/mol. The van der Waals surface area contributed by atoms with Gasteiger partial charge in [-0.25, -0.2) is 13.8 Å². The van der Waals surface area contributed by atoms with E-state index in [0.717, 1.165) is 32.0 Å². The van der Waals surface area contributed by atoms with E-state index in [9.17, 15) is 8.78 Å². The molecule has 3 rings (SSSR count). The molecule has 1 saturated heterocycles. The molecule has 0 N–H and O–H groups in total. The molecular weight excluding hydrogens is 260 g/mol. The van der Waals surface area contributed by atoms with Gasteiger partial charge in [0, 0.05) is 24.5 Å². The van der Waals surface area contributed by atoms with Gasteiger partial charge in [0.25, 0.3) is 0 Å². The number of aromatic nitrogens is 2. The van der Waals surface area contributed by atoms with Gasteiger partial charge in [-0.05, 0) is 30.5 Å². The minimum Gasteiger partial charge on any atom is -0.356 e. The molecule has 94 valence electrons. The van der Waals surface area contributed by atoms with Crippen LogP contribution >= 0.6 is 11.6 Å². The molecule has 18 heavy (non-hydrogen) atoms. The van der Waals surface area contributed by atoms with Gasteiger partial charge >= 0.3 is 0 Å². The number of hydrogen-bond acceptors (Lipinski definition) is 3. The van der Waals surface area contributed by atoms with Crippen LogP contribution in [0.15, 0.2) is 12.1 Å². The fraction of sp³-hybridized carbons (Fsp3) is 0.333. The molecule has 1 aromatic carbocycles. The third kappa shape index (κ3) is 1.88. The van der Waals surface area contributed by atoms with Crippen molar-refractivity contribution in [3.05, 3.63) is 29.1 Å².